The summed E-state index contributed by atoms with van der Waals surface area (Å²) in [4.78, 5) is 15.9. The van der Waals surface area contributed by atoms with Crippen LogP contribution >= 0.6 is 15.9 Å². The van der Waals surface area contributed by atoms with Crippen molar-refractivity contribution in [3.63, 3.8) is 0 Å². The molecule has 2 heterocycles. The lowest BCUT2D eigenvalue weighted by molar-refractivity contribution is -0.123. The fraction of sp³-hybridized carbons (Fsp3) is 0.455. The van der Waals surface area contributed by atoms with Gasteiger partial charge in [0, 0.05) is 17.3 Å². The summed E-state index contributed by atoms with van der Waals surface area (Å²) < 4.78 is 6.17. The molecule has 1 atom stereocenters. The van der Waals surface area contributed by atoms with E-state index >= 15 is 0 Å². The summed E-state index contributed by atoms with van der Waals surface area (Å²) in [5, 5.41) is 2.79. The molecule has 86 valence electrons. The van der Waals surface area contributed by atoms with E-state index in [-0.39, 0.29) is 11.8 Å². The highest BCUT2D eigenvalue weighted by molar-refractivity contribution is 9.10. The SMILES string of the molecule is O=C(Nc1ccc(Br)cn1)C1CCCOC1. The van der Waals surface area contributed by atoms with Crippen molar-refractivity contribution in [2.45, 2.75) is 12.8 Å². The minimum Gasteiger partial charge on any atom is -0.381 e. The Morgan fingerprint density at radius 3 is 3.06 bits per heavy atom. The molecule has 1 aromatic rings. The molecule has 0 aromatic carbocycles. The second-order valence-corrected chi connectivity index (χ2v) is 4.68. The molecular formula is C11H13BrN2O2. The minimum atomic E-state index is -0.0424. The first-order valence-electron chi connectivity index (χ1n) is 5.26. The van der Waals surface area contributed by atoms with Crippen molar-refractivity contribution < 1.29 is 9.53 Å². The third-order valence-corrected chi connectivity index (χ3v) is 2.98. The summed E-state index contributed by atoms with van der Waals surface area (Å²) in [5.41, 5.74) is 0. The summed E-state index contributed by atoms with van der Waals surface area (Å²) in [6, 6.07) is 3.62. The maximum atomic E-state index is 11.8. The van der Waals surface area contributed by atoms with Crippen LogP contribution in [-0.2, 0) is 9.53 Å². The van der Waals surface area contributed by atoms with E-state index in [1.54, 1.807) is 12.3 Å². The van der Waals surface area contributed by atoms with Gasteiger partial charge in [-0.25, -0.2) is 4.98 Å². The largest absolute Gasteiger partial charge is 0.381 e. The Kier molecular flexibility index (Phi) is 3.90. The molecule has 4 nitrogen and oxygen atoms in total. The second-order valence-electron chi connectivity index (χ2n) is 3.76. The topological polar surface area (TPSA) is 51.2 Å². The number of halogens is 1. The van der Waals surface area contributed by atoms with Gasteiger partial charge in [-0.05, 0) is 40.9 Å². The number of pyridine rings is 1. The molecule has 1 unspecified atom stereocenters. The molecule has 1 aliphatic heterocycles. The molecule has 0 aliphatic carbocycles. The summed E-state index contributed by atoms with van der Waals surface area (Å²) in [6.45, 7) is 1.28. The van der Waals surface area contributed by atoms with E-state index in [4.69, 9.17) is 4.74 Å². The third kappa shape index (κ3) is 3.02. The van der Waals surface area contributed by atoms with Crippen molar-refractivity contribution in [3.05, 3.63) is 22.8 Å². The van der Waals surface area contributed by atoms with Crippen LogP contribution in [0.4, 0.5) is 5.82 Å². The molecule has 1 aliphatic rings. The van der Waals surface area contributed by atoms with Gasteiger partial charge in [-0.1, -0.05) is 0 Å². The van der Waals surface area contributed by atoms with Crippen LogP contribution in [0.2, 0.25) is 0 Å². The lowest BCUT2D eigenvalue weighted by Crippen LogP contribution is -2.30. The predicted molar refractivity (Wildman–Crippen MR) is 64.1 cm³/mol. The molecule has 0 bridgehead atoms. The Labute approximate surface area is 103 Å². The van der Waals surface area contributed by atoms with Crippen LogP contribution < -0.4 is 5.32 Å². The number of anilines is 1. The van der Waals surface area contributed by atoms with E-state index in [9.17, 15) is 4.79 Å². The number of nitrogens with one attached hydrogen (secondary N) is 1. The molecule has 2 rings (SSSR count). The highest BCUT2D eigenvalue weighted by Gasteiger charge is 2.21. The first-order chi connectivity index (χ1) is 7.75. The summed E-state index contributed by atoms with van der Waals surface area (Å²) >= 11 is 3.29. The van der Waals surface area contributed by atoms with Crippen LogP contribution in [0.3, 0.4) is 0 Å². The zero-order valence-electron chi connectivity index (χ0n) is 8.78. The number of hydrogen-bond acceptors (Lipinski definition) is 3. The van der Waals surface area contributed by atoms with Crippen molar-refractivity contribution in [1.82, 2.24) is 4.98 Å². The first-order valence-corrected chi connectivity index (χ1v) is 6.05. The first kappa shape index (κ1) is 11.5. The Morgan fingerprint density at radius 1 is 1.56 bits per heavy atom. The number of ether oxygens (including phenoxy) is 1. The molecule has 16 heavy (non-hydrogen) atoms. The van der Waals surface area contributed by atoms with E-state index < -0.39 is 0 Å². The van der Waals surface area contributed by atoms with Gasteiger partial charge in [0.15, 0.2) is 0 Å². The van der Waals surface area contributed by atoms with Gasteiger partial charge in [-0.2, -0.15) is 0 Å². The number of nitrogens with zero attached hydrogens (tertiary/aromatic N) is 1. The highest BCUT2D eigenvalue weighted by atomic mass is 79.9. The van der Waals surface area contributed by atoms with Gasteiger partial charge < -0.3 is 10.1 Å². The fourth-order valence-electron chi connectivity index (χ4n) is 1.63. The van der Waals surface area contributed by atoms with Crippen molar-refractivity contribution in [2.75, 3.05) is 18.5 Å². The van der Waals surface area contributed by atoms with Crippen molar-refractivity contribution in [2.24, 2.45) is 5.92 Å². The lowest BCUT2D eigenvalue weighted by Gasteiger charge is -2.20. The smallest absolute Gasteiger partial charge is 0.230 e. The number of amides is 1. The zero-order chi connectivity index (χ0) is 11.4. The number of rotatable bonds is 2. The summed E-state index contributed by atoms with van der Waals surface area (Å²) in [5.74, 6) is 0.535. The van der Waals surface area contributed by atoms with E-state index in [1.807, 2.05) is 6.07 Å². The van der Waals surface area contributed by atoms with Crippen molar-refractivity contribution >= 4 is 27.7 Å². The Balaban J connectivity index is 1.93. The third-order valence-electron chi connectivity index (χ3n) is 2.51. The molecule has 5 heteroatoms. The number of aromatic nitrogens is 1. The number of carbonyl (C=O) groups excluding carboxylic acids is 1. The van der Waals surface area contributed by atoms with Gasteiger partial charge in [0.1, 0.15) is 5.82 Å². The molecular weight excluding hydrogens is 272 g/mol. The van der Waals surface area contributed by atoms with Crippen LogP contribution in [0.15, 0.2) is 22.8 Å². The van der Waals surface area contributed by atoms with Gasteiger partial charge in [0.05, 0.1) is 12.5 Å². The minimum absolute atomic E-state index is 0.00507. The molecule has 1 saturated heterocycles. The quantitative estimate of drug-likeness (QED) is 0.906. The maximum absolute atomic E-state index is 11.8. The molecule has 0 saturated carbocycles. The Hall–Kier alpha value is -0.940. The van der Waals surface area contributed by atoms with E-state index in [2.05, 4.69) is 26.2 Å². The number of carbonyl (C=O) groups is 1. The average molecular weight is 285 g/mol. The molecule has 1 aromatic heterocycles. The van der Waals surface area contributed by atoms with Crippen LogP contribution in [0.25, 0.3) is 0 Å². The Bertz CT molecular complexity index is 361. The molecule has 1 fully saturated rings. The average Bonchev–Trinajstić information content (AvgIpc) is 2.33. The molecule has 1 N–H and O–H groups in total. The van der Waals surface area contributed by atoms with Gasteiger partial charge in [-0.3, -0.25) is 4.79 Å². The lowest BCUT2D eigenvalue weighted by atomic mass is 10.0. The standard InChI is InChI=1S/C11H13BrN2O2/c12-9-3-4-10(13-6-9)14-11(15)8-2-1-5-16-7-8/h3-4,6,8H,1-2,5,7H2,(H,13,14,15). The van der Waals surface area contributed by atoms with E-state index in [1.165, 1.54) is 0 Å². The maximum Gasteiger partial charge on any atom is 0.230 e. The van der Waals surface area contributed by atoms with E-state index in [0.29, 0.717) is 12.4 Å². The van der Waals surface area contributed by atoms with Crippen LogP contribution in [0.5, 0.6) is 0 Å². The monoisotopic (exact) mass is 284 g/mol. The van der Waals surface area contributed by atoms with Crippen LogP contribution in [-0.4, -0.2) is 24.1 Å². The zero-order valence-corrected chi connectivity index (χ0v) is 10.4. The highest BCUT2D eigenvalue weighted by Crippen LogP contribution is 2.16. The van der Waals surface area contributed by atoms with Crippen molar-refractivity contribution in [3.8, 4) is 0 Å². The number of hydrogen-bond donors (Lipinski definition) is 1. The Morgan fingerprint density at radius 2 is 2.44 bits per heavy atom. The van der Waals surface area contributed by atoms with E-state index in [0.717, 1.165) is 23.9 Å². The van der Waals surface area contributed by atoms with Gasteiger partial charge in [-0.15, -0.1) is 0 Å². The van der Waals surface area contributed by atoms with Gasteiger partial charge in [0.25, 0.3) is 0 Å². The van der Waals surface area contributed by atoms with Crippen molar-refractivity contribution in [1.29, 1.82) is 0 Å². The van der Waals surface area contributed by atoms with Gasteiger partial charge in [0.2, 0.25) is 5.91 Å². The van der Waals surface area contributed by atoms with Crippen LogP contribution in [0, 0.1) is 5.92 Å². The second kappa shape index (κ2) is 5.41. The normalized spacial score (nSPS) is 20.4. The summed E-state index contributed by atoms with van der Waals surface area (Å²) in [6.07, 6.45) is 3.50. The molecule has 0 spiro atoms. The van der Waals surface area contributed by atoms with Crippen LogP contribution in [0.1, 0.15) is 12.8 Å². The fourth-order valence-corrected chi connectivity index (χ4v) is 1.86. The van der Waals surface area contributed by atoms with Gasteiger partial charge >= 0.3 is 0 Å². The molecule has 1 amide bonds. The summed E-state index contributed by atoms with van der Waals surface area (Å²) in [7, 11) is 0. The predicted octanol–water partition coefficient (Wildman–Crippen LogP) is 2.21. The molecule has 0 radical (unpaired) electrons.